The lowest BCUT2D eigenvalue weighted by Crippen LogP contribution is -2.30. The Balaban J connectivity index is 2.10. The molecule has 0 aliphatic heterocycles. The second-order valence-corrected chi connectivity index (χ2v) is 4.79. The van der Waals surface area contributed by atoms with Crippen molar-refractivity contribution in [3.8, 4) is 0 Å². The van der Waals surface area contributed by atoms with Crippen LogP contribution in [0.5, 0.6) is 0 Å². The van der Waals surface area contributed by atoms with Gasteiger partial charge in [-0.15, -0.1) is 0 Å². The number of ketones is 1. The van der Waals surface area contributed by atoms with Gasteiger partial charge in [0.1, 0.15) is 11.8 Å². The molecule has 0 fully saturated rings. The Hall–Kier alpha value is -1.61. The number of Topliss-reactive ketones (excluding diaryl/α,β-unsaturated/α-hetero) is 1. The lowest BCUT2D eigenvalue weighted by molar-refractivity contribution is 0.0934. The van der Waals surface area contributed by atoms with Crippen LogP contribution in [-0.4, -0.2) is 30.3 Å². The smallest absolute Gasteiger partial charge is 0.180 e. The molecular weight excluding hydrogens is 238 g/mol. The number of hydrogen-bond acceptors (Lipinski definition) is 3. The third-order valence-corrected chi connectivity index (χ3v) is 3.42. The second-order valence-electron chi connectivity index (χ2n) is 4.79. The van der Waals surface area contributed by atoms with Crippen molar-refractivity contribution >= 4 is 16.8 Å². The zero-order valence-electron chi connectivity index (χ0n) is 11.7. The van der Waals surface area contributed by atoms with Crippen LogP contribution in [0.3, 0.4) is 0 Å². The summed E-state index contributed by atoms with van der Waals surface area (Å²) in [5.41, 5.74) is 1.48. The summed E-state index contributed by atoms with van der Waals surface area (Å²) in [5, 5.41) is 0.916. The maximum atomic E-state index is 12.4. The second kappa shape index (κ2) is 6.53. The molecule has 0 saturated carbocycles. The van der Waals surface area contributed by atoms with Crippen molar-refractivity contribution in [2.45, 2.75) is 26.7 Å². The Kier molecular flexibility index (Phi) is 4.74. The fourth-order valence-corrected chi connectivity index (χ4v) is 2.21. The first kappa shape index (κ1) is 13.8. The molecule has 0 amide bonds. The van der Waals surface area contributed by atoms with Crippen LogP contribution < -0.4 is 0 Å². The number of benzene rings is 1. The summed E-state index contributed by atoms with van der Waals surface area (Å²) in [7, 11) is 0. The van der Waals surface area contributed by atoms with Crippen molar-refractivity contribution in [2.75, 3.05) is 19.6 Å². The normalized spacial score (nSPS) is 11.3. The number of para-hydroxylation sites is 1. The quantitative estimate of drug-likeness (QED) is 0.710. The standard InChI is InChI=1S/C16H21NO2/c1-3-5-10-17(4-2)11-15(18)14-12-19-16-9-7-6-8-13(14)16/h6-9,12H,3-5,10-11H2,1-2H3. The van der Waals surface area contributed by atoms with Crippen LogP contribution in [0.1, 0.15) is 37.0 Å². The summed E-state index contributed by atoms with van der Waals surface area (Å²) in [5.74, 6) is 0.142. The van der Waals surface area contributed by atoms with Gasteiger partial charge in [-0.25, -0.2) is 0 Å². The van der Waals surface area contributed by atoms with Crippen LogP contribution in [0.2, 0.25) is 0 Å². The fourth-order valence-electron chi connectivity index (χ4n) is 2.21. The van der Waals surface area contributed by atoms with Gasteiger partial charge >= 0.3 is 0 Å². The highest BCUT2D eigenvalue weighted by atomic mass is 16.3. The first-order valence-electron chi connectivity index (χ1n) is 6.98. The maximum absolute atomic E-state index is 12.4. The molecule has 0 spiro atoms. The average Bonchev–Trinajstić information content (AvgIpc) is 2.87. The number of rotatable bonds is 7. The van der Waals surface area contributed by atoms with Crippen LogP contribution in [0.25, 0.3) is 11.0 Å². The van der Waals surface area contributed by atoms with Gasteiger partial charge < -0.3 is 4.42 Å². The predicted octanol–water partition coefficient (Wildman–Crippen LogP) is 3.74. The van der Waals surface area contributed by atoms with Gasteiger partial charge in [-0.1, -0.05) is 38.5 Å². The van der Waals surface area contributed by atoms with Crippen LogP contribution in [0, 0.1) is 0 Å². The zero-order chi connectivity index (χ0) is 13.7. The third kappa shape index (κ3) is 3.24. The van der Waals surface area contributed by atoms with E-state index in [0.29, 0.717) is 12.1 Å². The van der Waals surface area contributed by atoms with E-state index in [9.17, 15) is 4.79 Å². The third-order valence-electron chi connectivity index (χ3n) is 3.42. The highest BCUT2D eigenvalue weighted by Gasteiger charge is 2.15. The molecule has 3 heteroatoms. The molecule has 0 atom stereocenters. The van der Waals surface area contributed by atoms with E-state index >= 15 is 0 Å². The molecule has 0 N–H and O–H groups in total. The summed E-state index contributed by atoms with van der Waals surface area (Å²) >= 11 is 0. The molecule has 2 aromatic rings. The van der Waals surface area contributed by atoms with Crippen LogP contribution >= 0.6 is 0 Å². The maximum Gasteiger partial charge on any atom is 0.180 e. The number of fused-ring (bicyclic) bond motifs is 1. The van der Waals surface area contributed by atoms with Gasteiger partial charge in [-0.2, -0.15) is 0 Å². The molecular formula is C16H21NO2. The monoisotopic (exact) mass is 259 g/mol. The van der Waals surface area contributed by atoms with Crippen LogP contribution in [0.4, 0.5) is 0 Å². The molecule has 1 aromatic carbocycles. The lowest BCUT2D eigenvalue weighted by Gasteiger charge is -2.18. The van der Waals surface area contributed by atoms with Crippen molar-refractivity contribution < 1.29 is 9.21 Å². The highest BCUT2D eigenvalue weighted by Crippen LogP contribution is 2.21. The van der Waals surface area contributed by atoms with E-state index in [4.69, 9.17) is 4.42 Å². The number of likely N-dealkylation sites (N-methyl/N-ethyl adjacent to an activating group) is 1. The minimum absolute atomic E-state index is 0.142. The van der Waals surface area contributed by atoms with Crippen molar-refractivity contribution in [2.24, 2.45) is 0 Å². The first-order valence-corrected chi connectivity index (χ1v) is 6.98. The highest BCUT2D eigenvalue weighted by molar-refractivity contribution is 6.08. The summed E-state index contributed by atoms with van der Waals surface area (Å²) in [6.07, 6.45) is 3.87. The molecule has 0 aliphatic rings. The predicted molar refractivity (Wildman–Crippen MR) is 77.6 cm³/mol. The van der Waals surface area contributed by atoms with E-state index in [2.05, 4.69) is 18.7 Å². The minimum Gasteiger partial charge on any atom is -0.464 e. The van der Waals surface area contributed by atoms with E-state index in [1.54, 1.807) is 6.26 Å². The molecule has 1 aromatic heterocycles. The molecule has 2 rings (SSSR count). The molecule has 0 unspecified atom stereocenters. The average molecular weight is 259 g/mol. The largest absolute Gasteiger partial charge is 0.464 e. The summed E-state index contributed by atoms with van der Waals surface area (Å²) < 4.78 is 5.43. The molecule has 1 heterocycles. The van der Waals surface area contributed by atoms with Gasteiger partial charge in [0.05, 0.1) is 12.1 Å². The number of carbonyl (C=O) groups excluding carboxylic acids is 1. The number of unbranched alkanes of at least 4 members (excludes halogenated alkanes) is 1. The van der Waals surface area contributed by atoms with Crippen molar-refractivity contribution in [1.82, 2.24) is 4.90 Å². The van der Waals surface area contributed by atoms with Gasteiger partial charge in [0.25, 0.3) is 0 Å². The van der Waals surface area contributed by atoms with Crippen molar-refractivity contribution in [1.29, 1.82) is 0 Å². The van der Waals surface area contributed by atoms with Gasteiger partial charge in [0.2, 0.25) is 0 Å². The number of nitrogens with zero attached hydrogens (tertiary/aromatic N) is 1. The van der Waals surface area contributed by atoms with E-state index in [1.165, 1.54) is 0 Å². The summed E-state index contributed by atoms with van der Waals surface area (Å²) in [4.78, 5) is 14.5. The molecule has 0 bridgehead atoms. The molecule has 0 radical (unpaired) electrons. The van der Waals surface area contributed by atoms with E-state index in [0.717, 1.165) is 36.9 Å². The van der Waals surface area contributed by atoms with Crippen molar-refractivity contribution in [3.05, 3.63) is 36.1 Å². The topological polar surface area (TPSA) is 33.5 Å². The Morgan fingerprint density at radius 2 is 2.05 bits per heavy atom. The van der Waals surface area contributed by atoms with E-state index < -0.39 is 0 Å². The first-order chi connectivity index (χ1) is 9.26. The SMILES string of the molecule is CCCCN(CC)CC(=O)c1coc2ccccc12. The molecule has 0 saturated heterocycles. The van der Waals surface area contributed by atoms with Gasteiger partial charge in [-0.3, -0.25) is 9.69 Å². The number of furan rings is 1. The summed E-state index contributed by atoms with van der Waals surface area (Å²) in [6, 6.07) is 7.68. The lowest BCUT2D eigenvalue weighted by atomic mass is 10.1. The fraction of sp³-hybridized carbons (Fsp3) is 0.438. The van der Waals surface area contributed by atoms with Crippen LogP contribution in [-0.2, 0) is 0 Å². The Bertz CT molecular complexity index is 544. The number of carbonyl (C=O) groups is 1. The molecule has 19 heavy (non-hydrogen) atoms. The van der Waals surface area contributed by atoms with Gasteiger partial charge in [0, 0.05) is 5.39 Å². The number of hydrogen-bond donors (Lipinski definition) is 0. The Labute approximate surface area is 114 Å². The molecule has 0 aliphatic carbocycles. The minimum atomic E-state index is 0.142. The summed E-state index contributed by atoms with van der Waals surface area (Å²) in [6.45, 7) is 6.62. The van der Waals surface area contributed by atoms with Gasteiger partial charge in [-0.05, 0) is 25.6 Å². The molecule has 102 valence electrons. The van der Waals surface area contributed by atoms with Crippen LogP contribution in [0.15, 0.2) is 34.9 Å². The van der Waals surface area contributed by atoms with Crippen molar-refractivity contribution in [3.63, 3.8) is 0 Å². The zero-order valence-corrected chi connectivity index (χ0v) is 11.7. The van der Waals surface area contributed by atoms with E-state index in [-0.39, 0.29) is 5.78 Å². The van der Waals surface area contributed by atoms with E-state index in [1.807, 2.05) is 24.3 Å². The van der Waals surface area contributed by atoms with Gasteiger partial charge in [0.15, 0.2) is 5.78 Å². The Morgan fingerprint density at radius 1 is 1.26 bits per heavy atom. The molecule has 3 nitrogen and oxygen atoms in total. The Morgan fingerprint density at radius 3 is 2.79 bits per heavy atom.